The van der Waals surface area contributed by atoms with E-state index < -0.39 is 15.4 Å². The molecule has 9 nitrogen and oxygen atoms in total. The molecule has 186 valence electrons. The molecular formula is C25H30N4O5S. The number of piperidine rings is 1. The van der Waals surface area contributed by atoms with Crippen LogP contribution >= 0.6 is 0 Å². The van der Waals surface area contributed by atoms with Crippen molar-refractivity contribution in [2.45, 2.75) is 56.4 Å². The monoisotopic (exact) mass is 498 g/mol. The van der Waals surface area contributed by atoms with Crippen LogP contribution in [0.25, 0.3) is 11.1 Å². The Bertz CT molecular complexity index is 1380. The molecule has 0 saturated carbocycles. The lowest BCUT2D eigenvalue weighted by molar-refractivity contribution is 0.0205. The molecule has 3 aromatic rings. The first-order chi connectivity index (χ1) is 16.5. The highest BCUT2D eigenvalue weighted by Gasteiger charge is 2.31. The van der Waals surface area contributed by atoms with E-state index in [0.717, 1.165) is 41.6 Å². The molecule has 2 aliphatic heterocycles. The van der Waals surface area contributed by atoms with Crippen molar-refractivity contribution in [1.29, 1.82) is 0 Å². The highest BCUT2D eigenvalue weighted by atomic mass is 32.2. The molecule has 0 atom stereocenters. The van der Waals surface area contributed by atoms with Gasteiger partial charge >= 0.3 is 6.09 Å². The Morgan fingerprint density at radius 2 is 1.89 bits per heavy atom. The maximum Gasteiger partial charge on any atom is 0.410 e. The van der Waals surface area contributed by atoms with E-state index >= 15 is 0 Å². The second-order valence-electron chi connectivity index (χ2n) is 10.3. The Morgan fingerprint density at radius 3 is 2.57 bits per heavy atom. The van der Waals surface area contributed by atoms with E-state index in [-0.39, 0.29) is 12.0 Å². The lowest BCUT2D eigenvalue weighted by atomic mass is 9.90. The van der Waals surface area contributed by atoms with Crippen LogP contribution in [-0.2, 0) is 21.0 Å². The second-order valence-corrected chi connectivity index (χ2v) is 12.3. The number of fused-ring (bicyclic) bond motifs is 2. The Hall–Kier alpha value is -3.14. The third kappa shape index (κ3) is 4.59. The van der Waals surface area contributed by atoms with Crippen LogP contribution in [0.1, 0.15) is 50.7 Å². The molecule has 4 heterocycles. The van der Waals surface area contributed by atoms with Gasteiger partial charge in [-0.3, -0.25) is 0 Å². The zero-order valence-electron chi connectivity index (χ0n) is 20.4. The minimum atomic E-state index is -3.26. The summed E-state index contributed by atoms with van der Waals surface area (Å²) >= 11 is 0. The fourth-order valence-corrected chi connectivity index (χ4v) is 5.54. The Labute approximate surface area is 205 Å². The summed E-state index contributed by atoms with van der Waals surface area (Å²) in [4.78, 5) is 25.6. The predicted molar refractivity (Wildman–Crippen MR) is 132 cm³/mol. The summed E-state index contributed by atoms with van der Waals surface area (Å²) in [6.07, 6.45) is 6.58. The van der Waals surface area contributed by atoms with Gasteiger partial charge in [0.2, 0.25) is 0 Å². The first kappa shape index (κ1) is 23.6. The Morgan fingerprint density at radius 1 is 1.14 bits per heavy atom. The van der Waals surface area contributed by atoms with Gasteiger partial charge in [-0.05, 0) is 69.7 Å². The number of furan rings is 1. The number of likely N-dealkylation sites (tertiary alicyclic amines) is 1. The molecule has 5 rings (SSSR count). The van der Waals surface area contributed by atoms with E-state index in [1.165, 1.54) is 6.26 Å². The van der Waals surface area contributed by atoms with Crippen molar-refractivity contribution in [2.24, 2.45) is 0 Å². The number of benzene rings is 1. The number of aromatic nitrogens is 2. The zero-order chi connectivity index (χ0) is 25.0. The summed E-state index contributed by atoms with van der Waals surface area (Å²) in [5, 5.41) is 0. The Kier molecular flexibility index (Phi) is 5.74. The van der Waals surface area contributed by atoms with Crippen molar-refractivity contribution in [1.82, 2.24) is 14.9 Å². The number of ether oxygens (including phenoxy) is 1. The van der Waals surface area contributed by atoms with Crippen LogP contribution in [-0.4, -0.2) is 60.9 Å². The minimum Gasteiger partial charge on any atom is -0.458 e. The first-order valence-electron chi connectivity index (χ1n) is 11.8. The second kappa shape index (κ2) is 8.51. The van der Waals surface area contributed by atoms with Crippen molar-refractivity contribution < 1.29 is 22.4 Å². The van der Waals surface area contributed by atoms with Gasteiger partial charge in [-0.1, -0.05) is 0 Å². The number of sulfone groups is 1. The molecule has 0 unspecified atom stereocenters. The molecule has 0 radical (unpaired) electrons. The van der Waals surface area contributed by atoms with Crippen LogP contribution in [0.3, 0.4) is 0 Å². The van der Waals surface area contributed by atoms with E-state index in [2.05, 4.69) is 14.9 Å². The van der Waals surface area contributed by atoms with Crippen LogP contribution in [0, 0.1) is 0 Å². The molecule has 1 saturated heterocycles. The average molecular weight is 499 g/mol. The van der Waals surface area contributed by atoms with Gasteiger partial charge in [-0.15, -0.1) is 0 Å². The molecule has 1 fully saturated rings. The molecule has 0 spiro atoms. The van der Waals surface area contributed by atoms with Crippen molar-refractivity contribution in [2.75, 3.05) is 30.8 Å². The summed E-state index contributed by atoms with van der Waals surface area (Å²) in [5.74, 6) is 0.902. The smallest absolute Gasteiger partial charge is 0.410 e. The fourth-order valence-electron chi connectivity index (χ4n) is 4.87. The van der Waals surface area contributed by atoms with Gasteiger partial charge in [0.1, 0.15) is 17.4 Å². The molecule has 2 aliphatic rings. The van der Waals surface area contributed by atoms with Gasteiger partial charge in [0, 0.05) is 37.1 Å². The van der Waals surface area contributed by atoms with Gasteiger partial charge in [0.15, 0.2) is 21.2 Å². The average Bonchev–Trinajstić information content (AvgIpc) is 3.41. The summed E-state index contributed by atoms with van der Waals surface area (Å²) in [6, 6.07) is 5.22. The van der Waals surface area contributed by atoms with Gasteiger partial charge in [-0.2, -0.15) is 0 Å². The number of rotatable bonds is 3. The van der Waals surface area contributed by atoms with Crippen molar-refractivity contribution in [3.8, 4) is 0 Å². The van der Waals surface area contributed by atoms with Gasteiger partial charge in [0.25, 0.3) is 0 Å². The molecule has 2 aromatic heterocycles. The van der Waals surface area contributed by atoms with Gasteiger partial charge < -0.3 is 19.0 Å². The first-order valence-corrected chi connectivity index (χ1v) is 13.7. The molecule has 10 heteroatoms. The van der Waals surface area contributed by atoms with Crippen molar-refractivity contribution in [3.63, 3.8) is 0 Å². The maximum atomic E-state index is 12.4. The van der Waals surface area contributed by atoms with Crippen LogP contribution in [0.2, 0.25) is 0 Å². The molecule has 1 amide bonds. The topological polar surface area (TPSA) is 106 Å². The van der Waals surface area contributed by atoms with E-state index in [4.69, 9.17) is 9.15 Å². The fraction of sp³-hybridized carbons (Fsp3) is 0.480. The standard InChI is InChI=1S/C25H30N4O5S/c1-25(2,3)34-24(30)28-10-7-16(8-11-28)19-14-33-22-21(19)26-15-27-23(22)29-12-9-17-13-18(35(4,31)32)5-6-20(17)29/h5-6,13-16H,7-12H2,1-4H3. The summed E-state index contributed by atoms with van der Waals surface area (Å²) in [6.45, 7) is 7.53. The lowest BCUT2D eigenvalue weighted by Gasteiger charge is -2.33. The normalized spacial score (nSPS) is 17.1. The molecule has 35 heavy (non-hydrogen) atoms. The van der Waals surface area contributed by atoms with E-state index in [1.54, 1.807) is 29.6 Å². The molecule has 0 bridgehead atoms. The number of nitrogens with zero attached hydrogens (tertiary/aromatic N) is 4. The number of anilines is 2. The zero-order valence-corrected chi connectivity index (χ0v) is 21.3. The van der Waals surface area contributed by atoms with Crippen molar-refractivity contribution >= 4 is 38.5 Å². The SMILES string of the molecule is CC(C)(C)OC(=O)N1CCC(c2coc3c(N4CCc5cc(S(C)(=O)=O)ccc54)ncnc23)CC1. The highest BCUT2D eigenvalue weighted by molar-refractivity contribution is 7.90. The number of hydrogen-bond donors (Lipinski definition) is 0. The van der Waals surface area contributed by atoms with E-state index in [1.807, 2.05) is 26.8 Å². The van der Waals surface area contributed by atoms with E-state index in [9.17, 15) is 13.2 Å². The number of carbonyl (C=O) groups excluding carboxylic acids is 1. The third-order valence-corrected chi connectivity index (χ3v) is 7.69. The van der Waals surface area contributed by atoms with Crippen LogP contribution in [0.5, 0.6) is 0 Å². The largest absolute Gasteiger partial charge is 0.458 e. The maximum absolute atomic E-state index is 12.4. The minimum absolute atomic E-state index is 0.223. The quantitative estimate of drug-likeness (QED) is 0.522. The summed E-state index contributed by atoms with van der Waals surface area (Å²) in [5.41, 5.74) is 3.83. The number of carbonyl (C=O) groups is 1. The highest BCUT2D eigenvalue weighted by Crippen LogP contribution is 2.41. The van der Waals surface area contributed by atoms with Crippen LogP contribution < -0.4 is 4.90 Å². The molecule has 0 N–H and O–H groups in total. The van der Waals surface area contributed by atoms with Gasteiger partial charge in [0.05, 0.1) is 11.2 Å². The summed E-state index contributed by atoms with van der Waals surface area (Å²) < 4.78 is 35.4. The van der Waals surface area contributed by atoms with Gasteiger partial charge in [-0.25, -0.2) is 23.2 Å². The molecular weight excluding hydrogens is 468 g/mol. The van der Waals surface area contributed by atoms with Crippen LogP contribution in [0.15, 0.2) is 40.1 Å². The lowest BCUT2D eigenvalue weighted by Crippen LogP contribution is -2.41. The molecule has 0 aliphatic carbocycles. The van der Waals surface area contributed by atoms with E-state index in [0.29, 0.717) is 35.9 Å². The number of hydrogen-bond acceptors (Lipinski definition) is 8. The number of amides is 1. The predicted octanol–water partition coefficient (Wildman–Crippen LogP) is 4.44. The third-order valence-electron chi connectivity index (χ3n) is 6.58. The van der Waals surface area contributed by atoms with Crippen molar-refractivity contribution in [3.05, 3.63) is 41.9 Å². The van der Waals surface area contributed by atoms with Crippen LogP contribution in [0.4, 0.5) is 16.3 Å². The molecule has 1 aromatic carbocycles. The Balaban J connectivity index is 1.38. The summed E-state index contributed by atoms with van der Waals surface area (Å²) in [7, 11) is -3.26.